The molecule has 1 aliphatic rings. The molecular formula is C13H23N5O. The highest BCUT2D eigenvalue weighted by Crippen LogP contribution is 2.06. The Balaban J connectivity index is 1.79. The summed E-state index contributed by atoms with van der Waals surface area (Å²) >= 11 is 0. The first kappa shape index (κ1) is 13.9. The molecular weight excluding hydrogens is 242 g/mol. The summed E-state index contributed by atoms with van der Waals surface area (Å²) in [6.07, 6.45) is 3.25. The Bertz CT molecular complexity index is 420. The molecule has 2 N–H and O–H groups in total. The molecule has 6 heteroatoms. The molecule has 0 aliphatic carbocycles. The molecule has 19 heavy (non-hydrogen) atoms. The van der Waals surface area contributed by atoms with Crippen molar-refractivity contribution in [3.8, 4) is 0 Å². The van der Waals surface area contributed by atoms with Crippen LogP contribution in [-0.4, -0.2) is 58.2 Å². The molecule has 1 aliphatic heterocycles. The fourth-order valence-corrected chi connectivity index (χ4v) is 2.40. The molecule has 0 bridgehead atoms. The van der Waals surface area contributed by atoms with Gasteiger partial charge in [-0.2, -0.15) is 5.10 Å². The molecule has 0 atom stereocenters. The predicted molar refractivity (Wildman–Crippen MR) is 74.5 cm³/mol. The SMILES string of the molecule is CC(C)CN1CCN(C(=O)Cn2cc(N)cn2)CC1. The average molecular weight is 265 g/mol. The lowest BCUT2D eigenvalue weighted by Gasteiger charge is -2.35. The maximum absolute atomic E-state index is 12.1. The van der Waals surface area contributed by atoms with Crippen LogP contribution in [0.25, 0.3) is 0 Å². The van der Waals surface area contributed by atoms with Crippen molar-refractivity contribution in [2.45, 2.75) is 20.4 Å². The molecule has 0 radical (unpaired) electrons. The van der Waals surface area contributed by atoms with Crippen molar-refractivity contribution in [1.29, 1.82) is 0 Å². The summed E-state index contributed by atoms with van der Waals surface area (Å²) < 4.78 is 1.60. The van der Waals surface area contributed by atoms with Crippen molar-refractivity contribution < 1.29 is 4.79 Å². The molecule has 1 aromatic rings. The number of rotatable bonds is 4. The second kappa shape index (κ2) is 6.06. The van der Waals surface area contributed by atoms with Crippen LogP contribution in [0, 0.1) is 5.92 Å². The monoisotopic (exact) mass is 265 g/mol. The maximum atomic E-state index is 12.1. The maximum Gasteiger partial charge on any atom is 0.244 e. The van der Waals surface area contributed by atoms with E-state index in [2.05, 4.69) is 23.8 Å². The number of carbonyl (C=O) groups excluding carboxylic acids is 1. The van der Waals surface area contributed by atoms with Crippen molar-refractivity contribution in [2.75, 3.05) is 38.5 Å². The number of aromatic nitrogens is 2. The Morgan fingerprint density at radius 2 is 2.05 bits per heavy atom. The highest BCUT2D eigenvalue weighted by Gasteiger charge is 2.21. The third-order valence-electron chi connectivity index (χ3n) is 3.30. The minimum Gasteiger partial charge on any atom is -0.396 e. The molecule has 6 nitrogen and oxygen atoms in total. The molecule has 0 unspecified atom stereocenters. The summed E-state index contributed by atoms with van der Waals surface area (Å²) in [5.41, 5.74) is 6.17. The summed E-state index contributed by atoms with van der Waals surface area (Å²) in [4.78, 5) is 16.4. The van der Waals surface area contributed by atoms with Gasteiger partial charge in [0.2, 0.25) is 5.91 Å². The number of hydrogen-bond acceptors (Lipinski definition) is 4. The van der Waals surface area contributed by atoms with Gasteiger partial charge in [-0.05, 0) is 5.92 Å². The normalized spacial score (nSPS) is 17.1. The van der Waals surface area contributed by atoms with Crippen LogP contribution < -0.4 is 5.73 Å². The Hall–Kier alpha value is -1.56. The first-order valence-corrected chi connectivity index (χ1v) is 6.82. The third kappa shape index (κ3) is 3.96. The summed E-state index contributed by atoms with van der Waals surface area (Å²) in [5, 5.41) is 4.04. The Morgan fingerprint density at radius 3 is 2.58 bits per heavy atom. The molecule has 1 aromatic heterocycles. The van der Waals surface area contributed by atoms with Crippen LogP contribution in [0.2, 0.25) is 0 Å². The smallest absolute Gasteiger partial charge is 0.244 e. The van der Waals surface area contributed by atoms with E-state index in [9.17, 15) is 4.79 Å². The van der Waals surface area contributed by atoms with Crippen LogP contribution in [-0.2, 0) is 11.3 Å². The van der Waals surface area contributed by atoms with E-state index in [1.54, 1.807) is 17.1 Å². The Morgan fingerprint density at radius 1 is 1.37 bits per heavy atom. The minimum absolute atomic E-state index is 0.118. The van der Waals surface area contributed by atoms with Gasteiger partial charge in [0.15, 0.2) is 0 Å². The van der Waals surface area contributed by atoms with Gasteiger partial charge >= 0.3 is 0 Å². The average Bonchev–Trinajstić information content (AvgIpc) is 2.75. The number of carbonyl (C=O) groups is 1. The number of amides is 1. The van der Waals surface area contributed by atoms with Gasteiger partial charge < -0.3 is 10.6 Å². The lowest BCUT2D eigenvalue weighted by Crippen LogP contribution is -2.50. The van der Waals surface area contributed by atoms with E-state index >= 15 is 0 Å². The molecule has 0 spiro atoms. The number of piperazine rings is 1. The van der Waals surface area contributed by atoms with Gasteiger partial charge in [0.05, 0.1) is 11.9 Å². The van der Waals surface area contributed by atoms with Crippen LogP contribution in [0.1, 0.15) is 13.8 Å². The zero-order valence-electron chi connectivity index (χ0n) is 11.7. The van der Waals surface area contributed by atoms with E-state index in [4.69, 9.17) is 5.73 Å². The van der Waals surface area contributed by atoms with E-state index in [1.807, 2.05) is 4.90 Å². The number of nitrogen functional groups attached to an aromatic ring is 1. The first-order chi connectivity index (χ1) is 9.04. The lowest BCUT2D eigenvalue weighted by atomic mass is 10.2. The van der Waals surface area contributed by atoms with E-state index in [0.717, 1.165) is 32.7 Å². The molecule has 1 fully saturated rings. The van der Waals surface area contributed by atoms with Crippen molar-refractivity contribution in [3.05, 3.63) is 12.4 Å². The van der Waals surface area contributed by atoms with Crippen LogP contribution in [0.3, 0.4) is 0 Å². The largest absolute Gasteiger partial charge is 0.396 e. The fraction of sp³-hybridized carbons (Fsp3) is 0.692. The molecule has 0 aromatic carbocycles. The summed E-state index contributed by atoms with van der Waals surface area (Å²) in [6, 6.07) is 0. The second-order valence-electron chi connectivity index (χ2n) is 5.55. The molecule has 2 heterocycles. The predicted octanol–water partition coefficient (Wildman–Crippen LogP) is 0.266. The van der Waals surface area contributed by atoms with Gasteiger partial charge in [-0.25, -0.2) is 0 Å². The van der Waals surface area contributed by atoms with E-state index in [0.29, 0.717) is 11.6 Å². The number of hydrogen-bond donors (Lipinski definition) is 1. The molecule has 0 saturated carbocycles. The number of nitrogens with two attached hydrogens (primary N) is 1. The van der Waals surface area contributed by atoms with Crippen LogP contribution in [0.4, 0.5) is 5.69 Å². The van der Waals surface area contributed by atoms with Crippen molar-refractivity contribution in [1.82, 2.24) is 19.6 Å². The zero-order valence-corrected chi connectivity index (χ0v) is 11.7. The first-order valence-electron chi connectivity index (χ1n) is 6.82. The van der Waals surface area contributed by atoms with Crippen LogP contribution >= 0.6 is 0 Å². The third-order valence-corrected chi connectivity index (χ3v) is 3.30. The lowest BCUT2D eigenvalue weighted by molar-refractivity contribution is -0.133. The van der Waals surface area contributed by atoms with E-state index in [-0.39, 0.29) is 12.5 Å². The number of anilines is 1. The quantitative estimate of drug-likeness (QED) is 0.848. The highest BCUT2D eigenvalue weighted by atomic mass is 16.2. The molecule has 1 saturated heterocycles. The van der Waals surface area contributed by atoms with Crippen molar-refractivity contribution in [2.24, 2.45) is 5.92 Å². The van der Waals surface area contributed by atoms with Gasteiger partial charge in [-0.3, -0.25) is 14.4 Å². The van der Waals surface area contributed by atoms with Crippen LogP contribution in [0.15, 0.2) is 12.4 Å². The fourth-order valence-electron chi connectivity index (χ4n) is 2.40. The standard InChI is InChI=1S/C13H23N5O/c1-11(2)8-16-3-5-17(6-4-16)13(19)10-18-9-12(14)7-15-18/h7,9,11H,3-6,8,10,14H2,1-2H3. The topological polar surface area (TPSA) is 67.4 Å². The number of nitrogens with zero attached hydrogens (tertiary/aromatic N) is 4. The van der Waals surface area contributed by atoms with E-state index < -0.39 is 0 Å². The molecule has 1 amide bonds. The van der Waals surface area contributed by atoms with Crippen LogP contribution in [0.5, 0.6) is 0 Å². The molecule has 2 rings (SSSR count). The zero-order chi connectivity index (χ0) is 13.8. The van der Waals surface area contributed by atoms with Crippen molar-refractivity contribution in [3.63, 3.8) is 0 Å². The Kier molecular flexibility index (Phi) is 4.42. The van der Waals surface area contributed by atoms with Gasteiger partial charge in [0.25, 0.3) is 0 Å². The van der Waals surface area contributed by atoms with E-state index in [1.165, 1.54) is 0 Å². The Labute approximate surface area is 114 Å². The molecule has 106 valence electrons. The minimum atomic E-state index is 0.118. The summed E-state index contributed by atoms with van der Waals surface area (Å²) in [7, 11) is 0. The summed E-state index contributed by atoms with van der Waals surface area (Å²) in [5.74, 6) is 0.793. The summed E-state index contributed by atoms with van der Waals surface area (Å²) in [6.45, 7) is 9.37. The van der Waals surface area contributed by atoms with Gasteiger partial charge in [0.1, 0.15) is 6.54 Å². The van der Waals surface area contributed by atoms with Gasteiger partial charge in [-0.1, -0.05) is 13.8 Å². The van der Waals surface area contributed by atoms with Crippen molar-refractivity contribution >= 4 is 11.6 Å². The highest BCUT2D eigenvalue weighted by molar-refractivity contribution is 5.76. The second-order valence-corrected chi connectivity index (χ2v) is 5.55. The van der Waals surface area contributed by atoms with Gasteiger partial charge in [-0.15, -0.1) is 0 Å². The van der Waals surface area contributed by atoms with Gasteiger partial charge in [0, 0.05) is 38.9 Å².